The van der Waals surface area contributed by atoms with E-state index in [1.807, 2.05) is 11.3 Å². The Bertz CT molecular complexity index is 2830. The quantitative estimate of drug-likeness (QED) is 0.171. The van der Waals surface area contributed by atoms with Crippen molar-refractivity contribution in [3.05, 3.63) is 194 Å². The highest BCUT2D eigenvalue weighted by molar-refractivity contribution is 7.26. The number of hydrogen-bond donors (Lipinski definition) is 0. The highest BCUT2D eigenvalue weighted by atomic mass is 32.1. The molecule has 0 N–H and O–H groups in total. The van der Waals surface area contributed by atoms with Gasteiger partial charge in [0.05, 0.1) is 16.7 Å². The molecule has 0 aliphatic heterocycles. The molecule has 0 unspecified atom stereocenters. The van der Waals surface area contributed by atoms with Gasteiger partial charge >= 0.3 is 0 Å². The van der Waals surface area contributed by atoms with E-state index in [0.29, 0.717) is 0 Å². The van der Waals surface area contributed by atoms with E-state index in [-0.39, 0.29) is 0 Å². The average Bonchev–Trinajstić information content (AvgIpc) is 3.76. The third-order valence-electron chi connectivity index (χ3n) is 9.99. The first kappa shape index (κ1) is 29.5. The standard InChI is InChI=1S/C48H32N2S/c1-4-14-34(15-5-1)39-29-31-45(47-41-21-11-13-23-46(41)51-48(39)47)49(36-16-6-2-7-17-36)38-27-24-33(25-28-38)35-26-30-44-42(32-35)40-20-10-12-22-43(40)50(44)37-18-8-3-9-19-37/h1-32H. The lowest BCUT2D eigenvalue weighted by Gasteiger charge is -2.27. The lowest BCUT2D eigenvalue weighted by atomic mass is 9.99. The van der Waals surface area contributed by atoms with Crippen LogP contribution in [0.15, 0.2) is 194 Å². The molecule has 0 radical (unpaired) electrons. The van der Waals surface area contributed by atoms with Gasteiger partial charge in [-0.2, -0.15) is 0 Å². The Morgan fingerprint density at radius 3 is 1.80 bits per heavy atom. The fourth-order valence-corrected chi connectivity index (χ4v) is 8.92. The average molecular weight is 669 g/mol. The van der Waals surface area contributed by atoms with Crippen molar-refractivity contribution in [3.63, 3.8) is 0 Å². The van der Waals surface area contributed by atoms with Gasteiger partial charge in [0.25, 0.3) is 0 Å². The van der Waals surface area contributed by atoms with Crippen molar-refractivity contribution in [1.29, 1.82) is 0 Å². The summed E-state index contributed by atoms with van der Waals surface area (Å²) in [5.41, 5.74) is 11.9. The molecule has 10 aromatic rings. The number of thiophene rings is 1. The van der Waals surface area contributed by atoms with Crippen molar-refractivity contribution >= 4 is 70.4 Å². The van der Waals surface area contributed by atoms with Crippen LogP contribution in [0.25, 0.3) is 69.9 Å². The summed E-state index contributed by atoms with van der Waals surface area (Å²) < 4.78 is 4.97. The molecule has 51 heavy (non-hydrogen) atoms. The first-order chi connectivity index (χ1) is 25.3. The highest BCUT2D eigenvalue weighted by Crippen LogP contribution is 2.48. The third-order valence-corrected chi connectivity index (χ3v) is 11.2. The van der Waals surface area contributed by atoms with Gasteiger partial charge in [-0.15, -0.1) is 11.3 Å². The van der Waals surface area contributed by atoms with E-state index in [0.717, 1.165) is 11.4 Å². The van der Waals surface area contributed by atoms with Gasteiger partial charge in [0, 0.05) is 48.0 Å². The van der Waals surface area contributed by atoms with Crippen molar-refractivity contribution in [2.24, 2.45) is 0 Å². The molecule has 2 heterocycles. The molecule has 0 saturated carbocycles. The fourth-order valence-electron chi connectivity index (χ4n) is 7.66. The number of anilines is 3. The van der Waals surface area contributed by atoms with Crippen LogP contribution >= 0.6 is 11.3 Å². The maximum Gasteiger partial charge on any atom is 0.0555 e. The molecule has 0 amide bonds. The van der Waals surface area contributed by atoms with Crippen LogP contribution in [0.1, 0.15) is 0 Å². The van der Waals surface area contributed by atoms with E-state index in [2.05, 4.69) is 204 Å². The van der Waals surface area contributed by atoms with Crippen molar-refractivity contribution < 1.29 is 0 Å². The van der Waals surface area contributed by atoms with Crippen molar-refractivity contribution in [3.8, 4) is 27.9 Å². The van der Waals surface area contributed by atoms with Gasteiger partial charge in [0.1, 0.15) is 0 Å². The Hall–Kier alpha value is -6.42. The number of para-hydroxylation sites is 3. The fraction of sp³-hybridized carbons (Fsp3) is 0. The molecular formula is C48H32N2S. The molecule has 3 heteroatoms. The van der Waals surface area contributed by atoms with Gasteiger partial charge in [-0.05, 0) is 89.0 Å². The van der Waals surface area contributed by atoms with Crippen LogP contribution in [-0.2, 0) is 0 Å². The van der Waals surface area contributed by atoms with Crippen molar-refractivity contribution in [1.82, 2.24) is 4.57 Å². The number of rotatable bonds is 6. The Labute approximate surface area is 300 Å². The van der Waals surface area contributed by atoms with Crippen LogP contribution in [0.3, 0.4) is 0 Å². The molecule has 0 fully saturated rings. The van der Waals surface area contributed by atoms with E-state index < -0.39 is 0 Å². The first-order valence-electron chi connectivity index (χ1n) is 17.4. The van der Waals surface area contributed by atoms with Gasteiger partial charge in [0.2, 0.25) is 0 Å². The van der Waals surface area contributed by atoms with Crippen LogP contribution in [0.4, 0.5) is 17.1 Å². The van der Waals surface area contributed by atoms with Crippen LogP contribution < -0.4 is 4.90 Å². The highest BCUT2D eigenvalue weighted by Gasteiger charge is 2.21. The number of nitrogens with zero attached hydrogens (tertiary/aromatic N) is 2. The van der Waals surface area contributed by atoms with Crippen LogP contribution in [-0.4, -0.2) is 4.57 Å². The maximum absolute atomic E-state index is 2.41. The van der Waals surface area contributed by atoms with E-state index >= 15 is 0 Å². The van der Waals surface area contributed by atoms with Gasteiger partial charge in [-0.1, -0.05) is 127 Å². The number of hydrogen-bond acceptors (Lipinski definition) is 2. The Morgan fingerprint density at radius 2 is 1.02 bits per heavy atom. The van der Waals surface area contributed by atoms with Gasteiger partial charge in [-0.25, -0.2) is 0 Å². The van der Waals surface area contributed by atoms with Crippen molar-refractivity contribution in [2.45, 2.75) is 0 Å². The normalized spacial score (nSPS) is 11.5. The Kier molecular flexibility index (Phi) is 7.04. The van der Waals surface area contributed by atoms with E-state index in [9.17, 15) is 0 Å². The minimum absolute atomic E-state index is 1.12. The molecule has 10 rings (SSSR count). The van der Waals surface area contributed by atoms with Gasteiger partial charge < -0.3 is 9.47 Å². The van der Waals surface area contributed by atoms with Crippen molar-refractivity contribution in [2.75, 3.05) is 4.90 Å². The summed E-state index contributed by atoms with van der Waals surface area (Å²) in [5.74, 6) is 0. The Balaban J connectivity index is 1.12. The maximum atomic E-state index is 2.41. The molecule has 0 spiro atoms. The topological polar surface area (TPSA) is 8.17 Å². The smallest absolute Gasteiger partial charge is 0.0555 e. The SMILES string of the molecule is c1ccc(-c2ccc(N(c3ccccc3)c3ccc(-c4ccc5c(c4)c4ccccc4n5-c4ccccc4)cc3)c3c2sc2ccccc23)cc1. The summed E-state index contributed by atoms with van der Waals surface area (Å²) in [6, 6.07) is 70.2. The molecule has 0 atom stereocenters. The minimum atomic E-state index is 1.12. The van der Waals surface area contributed by atoms with Crippen LogP contribution in [0.5, 0.6) is 0 Å². The largest absolute Gasteiger partial charge is 0.310 e. The lowest BCUT2D eigenvalue weighted by Crippen LogP contribution is -2.10. The summed E-state index contributed by atoms with van der Waals surface area (Å²) in [7, 11) is 0. The van der Waals surface area contributed by atoms with E-state index in [1.54, 1.807) is 0 Å². The molecular weight excluding hydrogens is 637 g/mol. The zero-order valence-corrected chi connectivity index (χ0v) is 28.6. The summed E-state index contributed by atoms with van der Waals surface area (Å²) in [5, 5.41) is 5.08. The minimum Gasteiger partial charge on any atom is -0.310 e. The number of benzene rings is 8. The second kappa shape index (κ2) is 12.2. The zero-order valence-electron chi connectivity index (χ0n) is 27.8. The van der Waals surface area contributed by atoms with Gasteiger partial charge in [0.15, 0.2) is 0 Å². The molecule has 0 saturated heterocycles. The molecule has 0 aliphatic carbocycles. The molecule has 0 bridgehead atoms. The second-order valence-corrected chi connectivity index (χ2v) is 14.0. The predicted octanol–water partition coefficient (Wildman–Crippen LogP) is 14.0. The molecule has 0 aliphatic rings. The van der Waals surface area contributed by atoms with Gasteiger partial charge in [-0.3, -0.25) is 0 Å². The van der Waals surface area contributed by atoms with Crippen LogP contribution in [0.2, 0.25) is 0 Å². The first-order valence-corrected chi connectivity index (χ1v) is 18.2. The molecule has 8 aromatic carbocycles. The summed E-state index contributed by atoms with van der Waals surface area (Å²) >= 11 is 1.88. The Morgan fingerprint density at radius 1 is 0.412 bits per heavy atom. The summed E-state index contributed by atoms with van der Waals surface area (Å²) in [6.45, 7) is 0. The third kappa shape index (κ3) is 4.93. The molecule has 240 valence electrons. The summed E-state index contributed by atoms with van der Waals surface area (Å²) in [6.07, 6.45) is 0. The molecule has 2 nitrogen and oxygen atoms in total. The second-order valence-electron chi connectivity index (χ2n) is 12.9. The lowest BCUT2D eigenvalue weighted by molar-refractivity contribution is 1.18. The van der Waals surface area contributed by atoms with E-state index in [1.165, 1.54) is 75.6 Å². The summed E-state index contributed by atoms with van der Waals surface area (Å²) in [4.78, 5) is 2.41. The zero-order chi connectivity index (χ0) is 33.7. The van der Waals surface area contributed by atoms with Crippen LogP contribution in [0, 0.1) is 0 Å². The predicted molar refractivity (Wildman–Crippen MR) is 219 cm³/mol. The molecule has 2 aromatic heterocycles. The number of aromatic nitrogens is 1. The van der Waals surface area contributed by atoms with E-state index in [4.69, 9.17) is 0 Å². The number of fused-ring (bicyclic) bond motifs is 6. The monoisotopic (exact) mass is 668 g/mol.